The molecule has 7 heteroatoms. The van der Waals surface area contributed by atoms with Gasteiger partial charge in [0.2, 0.25) is 5.91 Å². The first-order chi connectivity index (χ1) is 11.1. The third kappa shape index (κ3) is 4.03. The predicted octanol–water partition coefficient (Wildman–Crippen LogP) is 1.18. The van der Waals surface area contributed by atoms with E-state index in [1.807, 2.05) is 4.90 Å². The Kier molecular flexibility index (Phi) is 5.17. The lowest BCUT2D eigenvalue weighted by atomic mass is 9.95. The molecule has 2 saturated heterocycles. The molecule has 0 saturated carbocycles. The number of piperazine rings is 1. The highest BCUT2D eigenvalue weighted by Crippen LogP contribution is 2.21. The van der Waals surface area contributed by atoms with Crippen LogP contribution in [0.3, 0.4) is 0 Å². The highest BCUT2D eigenvalue weighted by atomic mass is 32.1. The number of hydrogen-bond acceptors (Lipinski definition) is 4. The molecule has 1 aromatic rings. The van der Waals surface area contributed by atoms with Gasteiger partial charge < -0.3 is 15.5 Å². The minimum atomic E-state index is -0.377. The van der Waals surface area contributed by atoms with Crippen LogP contribution in [0.4, 0.5) is 4.79 Å². The zero-order valence-electron chi connectivity index (χ0n) is 13.3. The highest BCUT2D eigenvalue weighted by molar-refractivity contribution is 7.07. The third-order valence-electron chi connectivity index (χ3n) is 4.83. The van der Waals surface area contributed by atoms with E-state index in [0.29, 0.717) is 13.1 Å². The van der Waals surface area contributed by atoms with Crippen molar-refractivity contribution in [1.29, 1.82) is 0 Å². The molecular weight excluding hydrogens is 312 g/mol. The SMILES string of the molecule is NC(=O)N1CCC(C(=O)N2CCN(Cc3ccsc3)CC2)CC1. The van der Waals surface area contributed by atoms with E-state index in [1.165, 1.54) is 5.56 Å². The third-order valence-corrected chi connectivity index (χ3v) is 5.56. The van der Waals surface area contributed by atoms with E-state index in [9.17, 15) is 9.59 Å². The van der Waals surface area contributed by atoms with E-state index < -0.39 is 0 Å². The second kappa shape index (κ2) is 7.31. The summed E-state index contributed by atoms with van der Waals surface area (Å²) in [5.41, 5.74) is 6.64. The molecular formula is C16H24N4O2S. The Balaban J connectivity index is 1.44. The molecule has 3 rings (SSSR count). The molecule has 6 nitrogen and oxygen atoms in total. The monoisotopic (exact) mass is 336 g/mol. The van der Waals surface area contributed by atoms with Crippen LogP contribution in [0.15, 0.2) is 16.8 Å². The van der Waals surface area contributed by atoms with Crippen LogP contribution < -0.4 is 5.73 Å². The van der Waals surface area contributed by atoms with E-state index in [1.54, 1.807) is 16.2 Å². The zero-order valence-corrected chi connectivity index (χ0v) is 14.1. The molecule has 3 heterocycles. The van der Waals surface area contributed by atoms with Gasteiger partial charge in [-0.25, -0.2) is 4.79 Å². The molecule has 1 aromatic heterocycles. The summed E-state index contributed by atoms with van der Waals surface area (Å²) in [6.45, 7) is 5.65. The van der Waals surface area contributed by atoms with Gasteiger partial charge in [0, 0.05) is 51.7 Å². The van der Waals surface area contributed by atoms with Gasteiger partial charge in [0.25, 0.3) is 0 Å². The van der Waals surface area contributed by atoms with Gasteiger partial charge >= 0.3 is 6.03 Å². The molecule has 2 fully saturated rings. The summed E-state index contributed by atoms with van der Waals surface area (Å²) in [6.07, 6.45) is 1.47. The largest absolute Gasteiger partial charge is 0.351 e. The van der Waals surface area contributed by atoms with Crippen LogP contribution in [0.5, 0.6) is 0 Å². The Hall–Kier alpha value is -1.60. The number of hydrogen-bond donors (Lipinski definition) is 1. The molecule has 0 radical (unpaired) electrons. The quantitative estimate of drug-likeness (QED) is 0.901. The summed E-state index contributed by atoms with van der Waals surface area (Å²) in [5, 5.41) is 4.29. The number of primary amides is 1. The van der Waals surface area contributed by atoms with E-state index >= 15 is 0 Å². The molecule has 0 aromatic carbocycles. The van der Waals surface area contributed by atoms with Gasteiger partial charge in [0.1, 0.15) is 0 Å². The van der Waals surface area contributed by atoms with E-state index in [-0.39, 0.29) is 17.9 Å². The number of amides is 3. The van der Waals surface area contributed by atoms with E-state index in [2.05, 4.69) is 21.7 Å². The Bertz CT molecular complexity index is 532. The van der Waals surface area contributed by atoms with Gasteiger partial charge in [-0.2, -0.15) is 11.3 Å². The highest BCUT2D eigenvalue weighted by Gasteiger charge is 2.31. The maximum absolute atomic E-state index is 12.6. The molecule has 2 aliphatic rings. The number of nitrogens with zero attached hydrogens (tertiary/aromatic N) is 3. The fraction of sp³-hybridized carbons (Fsp3) is 0.625. The minimum Gasteiger partial charge on any atom is -0.351 e. The van der Waals surface area contributed by atoms with Gasteiger partial charge in [-0.1, -0.05) is 0 Å². The van der Waals surface area contributed by atoms with Crippen molar-refractivity contribution < 1.29 is 9.59 Å². The molecule has 0 aliphatic carbocycles. The van der Waals surface area contributed by atoms with Gasteiger partial charge in [-0.15, -0.1) is 0 Å². The van der Waals surface area contributed by atoms with Crippen LogP contribution in [-0.4, -0.2) is 65.9 Å². The minimum absolute atomic E-state index is 0.0500. The topological polar surface area (TPSA) is 69.9 Å². The predicted molar refractivity (Wildman–Crippen MR) is 90.1 cm³/mol. The number of carbonyl (C=O) groups excluding carboxylic acids is 2. The van der Waals surface area contributed by atoms with Crippen molar-refractivity contribution in [1.82, 2.24) is 14.7 Å². The normalized spacial score (nSPS) is 20.7. The molecule has 23 heavy (non-hydrogen) atoms. The van der Waals surface area contributed by atoms with Crippen molar-refractivity contribution in [2.45, 2.75) is 19.4 Å². The molecule has 0 spiro atoms. The van der Waals surface area contributed by atoms with Crippen LogP contribution in [0.25, 0.3) is 0 Å². The number of rotatable bonds is 3. The zero-order chi connectivity index (χ0) is 16.2. The van der Waals surface area contributed by atoms with Gasteiger partial charge in [0.05, 0.1) is 0 Å². The van der Waals surface area contributed by atoms with Gasteiger partial charge in [-0.05, 0) is 35.2 Å². The lowest BCUT2D eigenvalue weighted by Crippen LogP contribution is -2.52. The summed E-state index contributed by atoms with van der Waals surface area (Å²) in [5.74, 6) is 0.304. The van der Waals surface area contributed by atoms with Crippen molar-refractivity contribution in [2.24, 2.45) is 11.7 Å². The number of likely N-dealkylation sites (tertiary alicyclic amines) is 1. The van der Waals surface area contributed by atoms with Crippen LogP contribution in [0, 0.1) is 5.92 Å². The number of urea groups is 1. The average Bonchev–Trinajstić information content (AvgIpc) is 3.08. The lowest BCUT2D eigenvalue weighted by molar-refractivity contribution is -0.138. The first-order valence-corrected chi connectivity index (χ1v) is 9.14. The molecule has 0 unspecified atom stereocenters. The fourth-order valence-electron chi connectivity index (χ4n) is 3.37. The summed E-state index contributed by atoms with van der Waals surface area (Å²) in [6, 6.07) is 1.78. The van der Waals surface area contributed by atoms with Gasteiger partial charge in [-0.3, -0.25) is 9.69 Å². The van der Waals surface area contributed by atoms with Gasteiger partial charge in [0.15, 0.2) is 0 Å². The smallest absolute Gasteiger partial charge is 0.314 e. The van der Waals surface area contributed by atoms with Crippen molar-refractivity contribution in [3.05, 3.63) is 22.4 Å². The summed E-state index contributed by atoms with van der Waals surface area (Å²) >= 11 is 1.73. The fourth-order valence-corrected chi connectivity index (χ4v) is 4.03. The summed E-state index contributed by atoms with van der Waals surface area (Å²) in [4.78, 5) is 29.8. The van der Waals surface area contributed by atoms with Crippen LogP contribution >= 0.6 is 11.3 Å². The molecule has 0 atom stereocenters. The maximum Gasteiger partial charge on any atom is 0.314 e. The second-order valence-electron chi connectivity index (χ2n) is 6.33. The van der Waals surface area contributed by atoms with Crippen molar-refractivity contribution in [3.63, 3.8) is 0 Å². The number of piperidine rings is 1. The molecule has 2 N–H and O–H groups in total. The van der Waals surface area contributed by atoms with Crippen molar-refractivity contribution >= 4 is 23.3 Å². The van der Waals surface area contributed by atoms with Crippen LogP contribution in [0.1, 0.15) is 18.4 Å². The first-order valence-electron chi connectivity index (χ1n) is 8.20. The number of nitrogens with two attached hydrogens (primary N) is 1. The first kappa shape index (κ1) is 16.3. The molecule has 126 valence electrons. The Labute approximate surface area is 140 Å². The van der Waals surface area contributed by atoms with E-state index in [4.69, 9.17) is 5.73 Å². The van der Waals surface area contributed by atoms with E-state index in [0.717, 1.165) is 45.6 Å². The molecule has 3 amide bonds. The second-order valence-corrected chi connectivity index (χ2v) is 7.11. The average molecular weight is 336 g/mol. The van der Waals surface area contributed by atoms with Crippen LogP contribution in [-0.2, 0) is 11.3 Å². The van der Waals surface area contributed by atoms with Crippen molar-refractivity contribution in [3.8, 4) is 0 Å². The Morgan fingerprint density at radius 2 is 1.78 bits per heavy atom. The summed E-state index contributed by atoms with van der Waals surface area (Å²) < 4.78 is 0. The molecule has 2 aliphatic heterocycles. The van der Waals surface area contributed by atoms with Crippen LogP contribution in [0.2, 0.25) is 0 Å². The Morgan fingerprint density at radius 1 is 1.09 bits per heavy atom. The number of thiophene rings is 1. The summed E-state index contributed by atoms with van der Waals surface area (Å²) in [7, 11) is 0. The molecule has 0 bridgehead atoms. The maximum atomic E-state index is 12.6. The lowest BCUT2D eigenvalue weighted by Gasteiger charge is -2.38. The van der Waals surface area contributed by atoms with Crippen molar-refractivity contribution in [2.75, 3.05) is 39.3 Å². The standard InChI is InChI=1S/C16H24N4O2S/c17-16(22)20-4-1-14(2-5-20)15(21)19-8-6-18(7-9-19)11-13-3-10-23-12-13/h3,10,12,14H,1-2,4-9,11H2,(H2,17,22). The number of carbonyl (C=O) groups is 2. The Morgan fingerprint density at radius 3 is 2.35 bits per heavy atom.